The van der Waals surface area contributed by atoms with E-state index in [1.165, 1.54) is 31.4 Å². The number of amides is 1. The zero-order chi connectivity index (χ0) is 13.8. The smallest absolute Gasteiger partial charge is 0.335 e. The van der Waals surface area contributed by atoms with Crippen LogP contribution in [0, 0.1) is 5.92 Å². The molecule has 1 aromatic carbocycles. The first-order valence-corrected chi connectivity index (χ1v) is 6.62. The van der Waals surface area contributed by atoms with E-state index in [2.05, 4.69) is 0 Å². The third kappa shape index (κ3) is 3.56. The lowest BCUT2D eigenvalue weighted by Crippen LogP contribution is -2.35. The molecule has 0 aromatic heterocycles. The van der Waals surface area contributed by atoms with Crippen LogP contribution in [0.1, 0.15) is 35.2 Å². The summed E-state index contributed by atoms with van der Waals surface area (Å²) in [6, 6.07) is 6.49. The maximum absolute atomic E-state index is 12.0. The second kappa shape index (κ2) is 5.87. The standard InChI is InChI=1S/C15H19NO3/c1-16(10-12-3-2-4-12)14(17)9-11-5-7-13(8-6-11)15(18)19/h5-8,12H,2-4,9-10H2,1H3,(H,18,19). The second-order valence-electron chi connectivity index (χ2n) is 5.25. The minimum Gasteiger partial charge on any atom is -0.478 e. The highest BCUT2D eigenvalue weighted by Crippen LogP contribution is 2.26. The van der Waals surface area contributed by atoms with Gasteiger partial charge in [-0.2, -0.15) is 0 Å². The minimum absolute atomic E-state index is 0.0926. The van der Waals surface area contributed by atoms with Gasteiger partial charge in [-0.1, -0.05) is 18.6 Å². The molecule has 4 nitrogen and oxygen atoms in total. The molecule has 0 saturated heterocycles. The fourth-order valence-corrected chi connectivity index (χ4v) is 2.24. The molecule has 4 heteroatoms. The number of hydrogen-bond donors (Lipinski definition) is 1. The molecule has 1 saturated carbocycles. The number of carboxylic acid groups (broad SMARTS) is 1. The van der Waals surface area contributed by atoms with E-state index < -0.39 is 5.97 Å². The first kappa shape index (κ1) is 13.6. The van der Waals surface area contributed by atoms with E-state index in [1.807, 2.05) is 7.05 Å². The molecule has 0 radical (unpaired) electrons. The Kier molecular flexibility index (Phi) is 4.20. The Hall–Kier alpha value is -1.84. The summed E-state index contributed by atoms with van der Waals surface area (Å²) in [5.41, 5.74) is 1.11. The number of carboxylic acids is 1. The Bertz CT molecular complexity index is 463. The van der Waals surface area contributed by atoms with Gasteiger partial charge in [-0.15, -0.1) is 0 Å². The first-order chi connectivity index (χ1) is 9.06. The molecule has 2 rings (SSSR count). The molecule has 0 spiro atoms. The summed E-state index contributed by atoms with van der Waals surface area (Å²) in [6.07, 6.45) is 4.07. The van der Waals surface area contributed by atoms with Crippen molar-refractivity contribution < 1.29 is 14.7 Å². The fourth-order valence-electron chi connectivity index (χ4n) is 2.24. The van der Waals surface area contributed by atoms with Crippen molar-refractivity contribution in [3.63, 3.8) is 0 Å². The number of carbonyl (C=O) groups is 2. The van der Waals surface area contributed by atoms with Gasteiger partial charge in [0.05, 0.1) is 12.0 Å². The van der Waals surface area contributed by atoms with Crippen molar-refractivity contribution in [2.45, 2.75) is 25.7 Å². The molecule has 19 heavy (non-hydrogen) atoms. The Labute approximate surface area is 113 Å². The normalized spacial score (nSPS) is 14.8. The third-order valence-electron chi connectivity index (χ3n) is 3.74. The minimum atomic E-state index is -0.944. The van der Waals surface area contributed by atoms with E-state index >= 15 is 0 Å². The monoisotopic (exact) mass is 261 g/mol. The lowest BCUT2D eigenvalue weighted by Gasteiger charge is -2.30. The molecule has 0 atom stereocenters. The van der Waals surface area contributed by atoms with Crippen LogP contribution in [-0.2, 0) is 11.2 Å². The lowest BCUT2D eigenvalue weighted by molar-refractivity contribution is -0.130. The van der Waals surface area contributed by atoms with Crippen LogP contribution in [0.5, 0.6) is 0 Å². The second-order valence-corrected chi connectivity index (χ2v) is 5.25. The van der Waals surface area contributed by atoms with Gasteiger partial charge >= 0.3 is 5.97 Å². The Morgan fingerprint density at radius 2 is 1.89 bits per heavy atom. The third-order valence-corrected chi connectivity index (χ3v) is 3.74. The van der Waals surface area contributed by atoms with E-state index in [4.69, 9.17) is 5.11 Å². The van der Waals surface area contributed by atoms with Crippen LogP contribution in [0.4, 0.5) is 0 Å². The van der Waals surface area contributed by atoms with Crippen molar-refractivity contribution in [1.82, 2.24) is 4.90 Å². The molecule has 1 aliphatic carbocycles. The molecule has 0 bridgehead atoms. The van der Waals surface area contributed by atoms with Crippen LogP contribution in [0.2, 0.25) is 0 Å². The summed E-state index contributed by atoms with van der Waals surface area (Å²) >= 11 is 0. The summed E-state index contributed by atoms with van der Waals surface area (Å²) in [6.45, 7) is 0.839. The number of nitrogens with zero attached hydrogens (tertiary/aromatic N) is 1. The van der Waals surface area contributed by atoms with Crippen molar-refractivity contribution in [3.8, 4) is 0 Å². The van der Waals surface area contributed by atoms with Gasteiger partial charge in [0.1, 0.15) is 0 Å². The average Bonchev–Trinajstić information content (AvgIpc) is 2.34. The highest BCUT2D eigenvalue weighted by Gasteiger charge is 2.21. The molecule has 0 unspecified atom stereocenters. The van der Waals surface area contributed by atoms with Crippen molar-refractivity contribution in [2.24, 2.45) is 5.92 Å². The van der Waals surface area contributed by atoms with Crippen LogP contribution in [0.25, 0.3) is 0 Å². The predicted molar refractivity (Wildman–Crippen MR) is 72.1 cm³/mol. The molecule has 0 aliphatic heterocycles. The Morgan fingerprint density at radius 3 is 2.37 bits per heavy atom. The fraction of sp³-hybridized carbons (Fsp3) is 0.467. The molecular weight excluding hydrogens is 242 g/mol. The molecule has 0 heterocycles. The van der Waals surface area contributed by atoms with Gasteiger partial charge in [0, 0.05) is 13.6 Å². The van der Waals surface area contributed by atoms with E-state index in [1.54, 1.807) is 17.0 Å². The number of carbonyl (C=O) groups excluding carboxylic acids is 1. The molecule has 1 amide bonds. The first-order valence-electron chi connectivity index (χ1n) is 6.62. The Morgan fingerprint density at radius 1 is 1.26 bits per heavy atom. The van der Waals surface area contributed by atoms with Crippen LogP contribution >= 0.6 is 0 Å². The van der Waals surface area contributed by atoms with Gasteiger partial charge in [0.15, 0.2) is 0 Å². The van der Waals surface area contributed by atoms with E-state index in [0.29, 0.717) is 12.3 Å². The number of likely N-dealkylation sites (N-methyl/N-ethyl adjacent to an activating group) is 1. The summed E-state index contributed by atoms with van der Waals surface area (Å²) in [5.74, 6) is -0.182. The van der Waals surface area contributed by atoms with Gasteiger partial charge in [-0.3, -0.25) is 4.79 Å². The van der Waals surface area contributed by atoms with Crippen molar-refractivity contribution in [1.29, 1.82) is 0 Å². The van der Waals surface area contributed by atoms with Crippen LogP contribution in [0.15, 0.2) is 24.3 Å². The zero-order valence-electron chi connectivity index (χ0n) is 11.1. The van der Waals surface area contributed by atoms with Gasteiger partial charge in [-0.05, 0) is 36.5 Å². The van der Waals surface area contributed by atoms with Crippen molar-refractivity contribution >= 4 is 11.9 Å². The molecular formula is C15H19NO3. The van der Waals surface area contributed by atoms with Gasteiger partial charge < -0.3 is 10.0 Å². The van der Waals surface area contributed by atoms with Crippen LogP contribution < -0.4 is 0 Å². The van der Waals surface area contributed by atoms with Crippen molar-refractivity contribution in [3.05, 3.63) is 35.4 Å². The maximum atomic E-state index is 12.0. The quantitative estimate of drug-likeness (QED) is 0.884. The van der Waals surface area contributed by atoms with E-state index in [0.717, 1.165) is 12.1 Å². The lowest BCUT2D eigenvalue weighted by atomic mass is 9.85. The van der Waals surface area contributed by atoms with Gasteiger partial charge in [0.25, 0.3) is 0 Å². The topological polar surface area (TPSA) is 57.6 Å². The largest absolute Gasteiger partial charge is 0.478 e. The molecule has 1 fully saturated rings. The summed E-state index contributed by atoms with van der Waals surface area (Å²) < 4.78 is 0. The molecule has 102 valence electrons. The average molecular weight is 261 g/mol. The highest BCUT2D eigenvalue weighted by atomic mass is 16.4. The SMILES string of the molecule is CN(CC1CCC1)C(=O)Cc1ccc(C(=O)O)cc1. The zero-order valence-corrected chi connectivity index (χ0v) is 11.1. The van der Waals surface area contributed by atoms with E-state index in [-0.39, 0.29) is 11.5 Å². The molecule has 1 aromatic rings. The van der Waals surface area contributed by atoms with E-state index in [9.17, 15) is 9.59 Å². The Balaban J connectivity index is 1.88. The molecule has 1 N–H and O–H groups in total. The highest BCUT2D eigenvalue weighted by molar-refractivity contribution is 5.87. The van der Waals surface area contributed by atoms with Crippen LogP contribution in [-0.4, -0.2) is 35.5 Å². The van der Waals surface area contributed by atoms with Crippen molar-refractivity contribution in [2.75, 3.05) is 13.6 Å². The summed E-state index contributed by atoms with van der Waals surface area (Å²) in [5, 5.41) is 8.80. The maximum Gasteiger partial charge on any atom is 0.335 e. The van der Waals surface area contributed by atoms with Gasteiger partial charge in [-0.25, -0.2) is 4.79 Å². The summed E-state index contributed by atoms with van der Waals surface area (Å²) in [4.78, 5) is 24.5. The summed E-state index contributed by atoms with van der Waals surface area (Å²) in [7, 11) is 1.84. The number of benzene rings is 1. The number of hydrogen-bond acceptors (Lipinski definition) is 2. The van der Waals surface area contributed by atoms with Crippen LogP contribution in [0.3, 0.4) is 0 Å². The number of aromatic carboxylic acids is 1. The van der Waals surface area contributed by atoms with Gasteiger partial charge in [0.2, 0.25) is 5.91 Å². The predicted octanol–water partition coefficient (Wildman–Crippen LogP) is 2.19. The number of rotatable bonds is 5. The molecule has 1 aliphatic rings.